The molecule has 1 aromatic carbocycles. The van der Waals surface area contributed by atoms with Gasteiger partial charge in [0.15, 0.2) is 5.96 Å². The number of aliphatic imine (C=N–C) groups is 1. The van der Waals surface area contributed by atoms with Gasteiger partial charge in [-0.05, 0) is 44.2 Å². The minimum atomic E-state index is -0.252. The van der Waals surface area contributed by atoms with Gasteiger partial charge in [-0.25, -0.2) is 0 Å². The molecule has 148 valence electrons. The van der Waals surface area contributed by atoms with Crippen molar-refractivity contribution in [2.45, 2.75) is 44.1 Å². The SMILES string of the molecule is CCNC(=NCC1(c2ccccc2Br)CC1)NC1CCN(CC(N)=O)CC1. The molecule has 0 radical (unpaired) electrons. The Morgan fingerprint density at radius 3 is 2.63 bits per heavy atom. The third kappa shape index (κ3) is 5.45. The zero-order valence-corrected chi connectivity index (χ0v) is 17.6. The first-order chi connectivity index (χ1) is 13.0. The third-order valence-electron chi connectivity index (χ3n) is 5.49. The Balaban J connectivity index is 1.58. The number of halogens is 1. The number of amides is 1. The molecule has 2 fully saturated rings. The Labute approximate surface area is 170 Å². The lowest BCUT2D eigenvalue weighted by Gasteiger charge is -2.32. The van der Waals surface area contributed by atoms with Crippen LogP contribution in [0.4, 0.5) is 0 Å². The van der Waals surface area contributed by atoms with Crippen LogP contribution in [0.2, 0.25) is 0 Å². The summed E-state index contributed by atoms with van der Waals surface area (Å²) >= 11 is 3.69. The molecule has 3 rings (SSSR count). The highest BCUT2D eigenvalue weighted by Crippen LogP contribution is 2.50. The van der Waals surface area contributed by atoms with Crippen molar-refractivity contribution in [3.05, 3.63) is 34.3 Å². The number of likely N-dealkylation sites (tertiary alicyclic amines) is 1. The van der Waals surface area contributed by atoms with Gasteiger partial charge in [0, 0.05) is 35.6 Å². The van der Waals surface area contributed by atoms with Gasteiger partial charge in [0.05, 0.1) is 13.1 Å². The van der Waals surface area contributed by atoms with Crippen molar-refractivity contribution in [1.82, 2.24) is 15.5 Å². The standard InChI is InChI=1S/C20H30BrN5O/c1-2-23-19(25-15-7-11-26(12-8-15)13-18(22)27)24-14-20(9-10-20)16-5-3-4-6-17(16)21/h3-6,15H,2,7-14H2,1H3,(H2,22,27)(H2,23,24,25). The summed E-state index contributed by atoms with van der Waals surface area (Å²) in [5.74, 6) is 0.641. The predicted molar refractivity (Wildman–Crippen MR) is 113 cm³/mol. The molecule has 1 aromatic rings. The summed E-state index contributed by atoms with van der Waals surface area (Å²) in [6.07, 6.45) is 4.36. The highest BCUT2D eigenvalue weighted by molar-refractivity contribution is 9.10. The smallest absolute Gasteiger partial charge is 0.231 e. The Kier molecular flexibility index (Phi) is 6.76. The number of guanidine groups is 1. The van der Waals surface area contributed by atoms with Gasteiger partial charge < -0.3 is 16.4 Å². The number of rotatable bonds is 7. The van der Waals surface area contributed by atoms with Crippen LogP contribution in [0.5, 0.6) is 0 Å². The quantitative estimate of drug-likeness (QED) is 0.451. The van der Waals surface area contributed by atoms with E-state index in [0.717, 1.165) is 45.0 Å². The third-order valence-corrected chi connectivity index (χ3v) is 6.18. The van der Waals surface area contributed by atoms with Crippen LogP contribution in [0.1, 0.15) is 38.2 Å². The van der Waals surface area contributed by atoms with E-state index in [4.69, 9.17) is 10.7 Å². The van der Waals surface area contributed by atoms with Crippen molar-refractivity contribution in [3.63, 3.8) is 0 Å². The van der Waals surface area contributed by atoms with Crippen molar-refractivity contribution >= 4 is 27.8 Å². The van der Waals surface area contributed by atoms with Gasteiger partial charge in [-0.1, -0.05) is 34.1 Å². The predicted octanol–water partition coefficient (Wildman–Crippen LogP) is 1.99. The van der Waals surface area contributed by atoms with Crippen molar-refractivity contribution in [1.29, 1.82) is 0 Å². The summed E-state index contributed by atoms with van der Waals surface area (Å²) in [5.41, 5.74) is 6.83. The molecular formula is C20H30BrN5O. The number of nitrogens with one attached hydrogen (secondary N) is 2. The lowest BCUT2D eigenvalue weighted by molar-refractivity contribution is -0.119. The van der Waals surface area contributed by atoms with Crippen LogP contribution in [0.15, 0.2) is 33.7 Å². The second-order valence-corrected chi connectivity index (χ2v) is 8.47. The number of benzene rings is 1. The van der Waals surface area contributed by atoms with Gasteiger partial charge in [0.2, 0.25) is 5.91 Å². The molecule has 1 aliphatic carbocycles. The van der Waals surface area contributed by atoms with E-state index in [9.17, 15) is 4.79 Å². The zero-order valence-electron chi connectivity index (χ0n) is 16.0. The Morgan fingerprint density at radius 1 is 1.33 bits per heavy atom. The topological polar surface area (TPSA) is 82.8 Å². The van der Waals surface area contributed by atoms with Gasteiger partial charge >= 0.3 is 0 Å². The van der Waals surface area contributed by atoms with Gasteiger partial charge in [-0.3, -0.25) is 14.7 Å². The molecule has 0 bridgehead atoms. The lowest BCUT2D eigenvalue weighted by atomic mass is 9.96. The number of carbonyl (C=O) groups is 1. The van der Waals surface area contributed by atoms with Crippen LogP contribution in [0.3, 0.4) is 0 Å². The number of nitrogens with two attached hydrogens (primary N) is 1. The van der Waals surface area contributed by atoms with E-state index >= 15 is 0 Å². The number of carbonyl (C=O) groups excluding carboxylic acids is 1. The summed E-state index contributed by atoms with van der Waals surface area (Å²) in [5, 5.41) is 6.96. The second kappa shape index (κ2) is 9.06. The number of hydrogen-bond acceptors (Lipinski definition) is 3. The molecule has 0 atom stereocenters. The minimum Gasteiger partial charge on any atom is -0.369 e. The molecule has 1 heterocycles. The van der Waals surface area contributed by atoms with Crippen LogP contribution < -0.4 is 16.4 Å². The number of primary amides is 1. The molecule has 1 aliphatic heterocycles. The minimum absolute atomic E-state index is 0.174. The molecule has 2 aliphatic rings. The summed E-state index contributed by atoms with van der Waals surface area (Å²) in [7, 11) is 0. The molecule has 0 unspecified atom stereocenters. The van der Waals surface area contributed by atoms with E-state index in [2.05, 4.69) is 62.7 Å². The maximum atomic E-state index is 11.1. The average molecular weight is 436 g/mol. The first-order valence-corrected chi connectivity index (χ1v) is 10.6. The van der Waals surface area contributed by atoms with Crippen LogP contribution in [0.25, 0.3) is 0 Å². The van der Waals surface area contributed by atoms with E-state index in [0.29, 0.717) is 12.6 Å². The normalized spacial score (nSPS) is 20.3. The first-order valence-electron chi connectivity index (χ1n) is 9.83. The number of nitrogens with zero attached hydrogens (tertiary/aromatic N) is 2. The van der Waals surface area contributed by atoms with Crippen LogP contribution >= 0.6 is 15.9 Å². The maximum absolute atomic E-state index is 11.1. The Morgan fingerprint density at radius 2 is 2.04 bits per heavy atom. The van der Waals surface area contributed by atoms with E-state index in [1.807, 2.05) is 0 Å². The van der Waals surface area contributed by atoms with Crippen molar-refractivity contribution in [2.24, 2.45) is 10.7 Å². The van der Waals surface area contributed by atoms with Crippen molar-refractivity contribution in [3.8, 4) is 0 Å². The molecule has 0 aromatic heterocycles. The summed E-state index contributed by atoms with van der Waals surface area (Å²) < 4.78 is 1.18. The molecular weight excluding hydrogens is 406 g/mol. The van der Waals surface area contributed by atoms with Crippen molar-refractivity contribution < 1.29 is 4.79 Å². The van der Waals surface area contributed by atoms with Gasteiger partial charge in [0.25, 0.3) is 0 Å². The van der Waals surface area contributed by atoms with E-state index in [1.54, 1.807) is 0 Å². The fourth-order valence-electron chi connectivity index (χ4n) is 3.75. The highest BCUT2D eigenvalue weighted by Gasteiger charge is 2.45. The fourth-order valence-corrected chi connectivity index (χ4v) is 4.46. The maximum Gasteiger partial charge on any atom is 0.231 e. The summed E-state index contributed by atoms with van der Waals surface area (Å²) in [4.78, 5) is 18.1. The Hall–Kier alpha value is -1.60. The second-order valence-electron chi connectivity index (χ2n) is 7.62. The molecule has 1 saturated carbocycles. The van der Waals surface area contributed by atoms with Crippen molar-refractivity contribution in [2.75, 3.05) is 32.7 Å². The van der Waals surface area contributed by atoms with E-state index < -0.39 is 0 Å². The molecule has 4 N–H and O–H groups in total. The van der Waals surface area contributed by atoms with E-state index in [1.165, 1.54) is 22.9 Å². The van der Waals surface area contributed by atoms with Crippen LogP contribution in [-0.4, -0.2) is 55.5 Å². The average Bonchev–Trinajstić information content (AvgIpc) is 3.42. The van der Waals surface area contributed by atoms with Crippen LogP contribution in [-0.2, 0) is 10.2 Å². The molecule has 1 saturated heterocycles. The monoisotopic (exact) mass is 435 g/mol. The zero-order chi connectivity index (χ0) is 19.3. The van der Waals surface area contributed by atoms with E-state index in [-0.39, 0.29) is 11.3 Å². The molecule has 1 amide bonds. The highest BCUT2D eigenvalue weighted by atomic mass is 79.9. The van der Waals surface area contributed by atoms with Gasteiger partial charge in [0.1, 0.15) is 0 Å². The Bertz CT molecular complexity index is 681. The molecule has 27 heavy (non-hydrogen) atoms. The number of hydrogen-bond donors (Lipinski definition) is 3. The largest absolute Gasteiger partial charge is 0.369 e. The number of piperidine rings is 1. The summed E-state index contributed by atoms with van der Waals surface area (Å²) in [6, 6.07) is 8.87. The van der Waals surface area contributed by atoms with Gasteiger partial charge in [-0.2, -0.15) is 0 Å². The fraction of sp³-hybridized carbons (Fsp3) is 0.600. The van der Waals surface area contributed by atoms with Crippen LogP contribution in [0, 0.1) is 0 Å². The molecule has 7 heteroatoms. The first kappa shape index (κ1) is 20.1. The lowest BCUT2D eigenvalue weighted by Crippen LogP contribution is -2.50. The summed E-state index contributed by atoms with van der Waals surface area (Å²) in [6.45, 7) is 5.87. The van der Waals surface area contributed by atoms with Gasteiger partial charge in [-0.15, -0.1) is 0 Å². The molecule has 6 nitrogen and oxygen atoms in total. The molecule has 0 spiro atoms.